The second kappa shape index (κ2) is 10.2. The van der Waals surface area contributed by atoms with E-state index in [2.05, 4.69) is 36.3 Å². The highest BCUT2D eigenvalue weighted by Crippen LogP contribution is 2.33. The van der Waals surface area contributed by atoms with Crippen LogP contribution in [0.2, 0.25) is 0 Å². The lowest BCUT2D eigenvalue weighted by Crippen LogP contribution is -2.39. The maximum absolute atomic E-state index is 12.6. The van der Waals surface area contributed by atoms with Gasteiger partial charge in [0.2, 0.25) is 0 Å². The number of aromatic nitrogens is 2. The number of aryl methyl sites for hydroxylation is 1. The Balaban J connectivity index is 1.74. The zero-order valence-electron chi connectivity index (χ0n) is 16.4. The molecule has 0 fully saturated rings. The molecule has 1 unspecified atom stereocenters. The van der Waals surface area contributed by atoms with Crippen molar-refractivity contribution in [3.05, 3.63) is 65.4 Å². The van der Waals surface area contributed by atoms with E-state index < -0.39 is 0 Å². The van der Waals surface area contributed by atoms with Gasteiger partial charge in [0.25, 0.3) is 5.91 Å². The maximum Gasteiger partial charge on any atom is 0.252 e. The summed E-state index contributed by atoms with van der Waals surface area (Å²) in [5, 5.41) is 5.83. The van der Waals surface area contributed by atoms with Gasteiger partial charge in [-0.25, -0.2) is 4.98 Å². The average Bonchev–Trinajstić information content (AvgIpc) is 3.14. The highest BCUT2D eigenvalue weighted by Gasteiger charge is 2.18. The second-order valence-electron chi connectivity index (χ2n) is 6.64. The maximum atomic E-state index is 12.6. The molecule has 1 atom stereocenters. The van der Waals surface area contributed by atoms with Gasteiger partial charge in [-0.05, 0) is 39.2 Å². The van der Waals surface area contributed by atoms with Crippen molar-refractivity contribution in [3.8, 4) is 0 Å². The summed E-state index contributed by atoms with van der Waals surface area (Å²) in [6, 6.07) is 11.3. The molecule has 9 heteroatoms. The summed E-state index contributed by atoms with van der Waals surface area (Å²) >= 11 is 6.70. The molecule has 2 aromatic heterocycles. The topological polar surface area (TPSA) is 61.4 Å². The number of nitrogens with one attached hydrogen (secondary N) is 1. The number of carbonyl (C=O) groups excluding carboxylic acids is 1. The van der Waals surface area contributed by atoms with Crippen molar-refractivity contribution in [1.82, 2.24) is 20.2 Å². The third-order valence-corrected chi connectivity index (χ3v) is 6.81. The number of carbonyl (C=O) groups is 1. The molecular formula is C20H22BrN5OS2. The minimum absolute atomic E-state index is 0.0885. The molecule has 1 N–H and O–H groups in total. The van der Waals surface area contributed by atoms with E-state index in [0.29, 0.717) is 12.1 Å². The first kappa shape index (κ1) is 21.8. The van der Waals surface area contributed by atoms with Crippen LogP contribution >= 0.6 is 39.2 Å². The summed E-state index contributed by atoms with van der Waals surface area (Å²) in [5.74, 6) is -0.0885. The van der Waals surface area contributed by atoms with Crippen LogP contribution in [0.3, 0.4) is 0 Å². The third kappa shape index (κ3) is 6.27. The Labute approximate surface area is 187 Å². The van der Waals surface area contributed by atoms with Crippen LogP contribution in [0.1, 0.15) is 16.1 Å². The molecule has 2 heterocycles. The lowest BCUT2D eigenvalue weighted by Gasteiger charge is -2.22. The van der Waals surface area contributed by atoms with Crippen LogP contribution < -0.4 is 9.24 Å². The predicted molar refractivity (Wildman–Crippen MR) is 124 cm³/mol. The molecule has 0 bridgehead atoms. The third-order valence-electron chi connectivity index (χ3n) is 3.84. The molecule has 0 radical (unpaired) electrons. The van der Waals surface area contributed by atoms with Crippen molar-refractivity contribution in [2.24, 2.45) is 0 Å². The molecule has 3 rings (SSSR count). The molecule has 1 amide bonds. The molecule has 0 saturated heterocycles. The molecular weight excluding hydrogens is 470 g/mol. The SMILES string of the molecule is Cc1csc(N(Br)c2cncc(SC(CN(C)C)NC(=O)c3ccccc3)c2)n1. The fourth-order valence-electron chi connectivity index (χ4n) is 2.55. The first-order chi connectivity index (χ1) is 13.9. The summed E-state index contributed by atoms with van der Waals surface area (Å²) in [4.78, 5) is 24.5. The Bertz CT molecular complexity index is 951. The van der Waals surface area contributed by atoms with Crippen molar-refractivity contribution < 1.29 is 4.79 Å². The number of nitrogens with zero attached hydrogens (tertiary/aromatic N) is 4. The Kier molecular flexibility index (Phi) is 7.65. The van der Waals surface area contributed by atoms with Crippen LogP contribution in [0.5, 0.6) is 0 Å². The van der Waals surface area contributed by atoms with Crippen molar-refractivity contribution in [3.63, 3.8) is 0 Å². The number of thioether (sulfide) groups is 1. The fourth-order valence-corrected chi connectivity index (χ4v) is 4.97. The summed E-state index contributed by atoms with van der Waals surface area (Å²) < 4.78 is 1.84. The standard InChI is InChI=1S/C20H22BrN5OS2/c1-14-13-28-20(23-14)26(21)16-9-17(11-22-10-16)29-18(12-25(2)3)24-19(27)15-7-5-4-6-8-15/h4-11,13,18H,12H2,1-3H3,(H,24,27). The van der Waals surface area contributed by atoms with Crippen LogP contribution in [-0.2, 0) is 0 Å². The number of anilines is 2. The highest BCUT2D eigenvalue weighted by molar-refractivity contribution is 9.10. The smallest absolute Gasteiger partial charge is 0.252 e. The van der Waals surface area contributed by atoms with Gasteiger partial charge in [-0.1, -0.05) is 30.0 Å². The van der Waals surface area contributed by atoms with Gasteiger partial charge in [0.05, 0.1) is 39.1 Å². The minimum atomic E-state index is -0.124. The number of benzene rings is 1. The summed E-state index contributed by atoms with van der Waals surface area (Å²) in [5.41, 5.74) is 2.50. The average molecular weight is 492 g/mol. The number of pyridine rings is 1. The molecule has 3 aromatic rings. The molecule has 0 saturated carbocycles. The molecule has 0 aliphatic heterocycles. The van der Waals surface area contributed by atoms with Gasteiger partial charge >= 0.3 is 0 Å². The zero-order valence-corrected chi connectivity index (χ0v) is 19.6. The van der Waals surface area contributed by atoms with Gasteiger partial charge < -0.3 is 10.2 Å². The zero-order chi connectivity index (χ0) is 20.8. The first-order valence-corrected chi connectivity index (χ1v) is 11.4. The van der Waals surface area contributed by atoms with Crippen molar-refractivity contribution in [1.29, 1.82) is 0 Å². The molecule has 0 aliphatic rings. The normalized spacial score (nSPS) is 12.0. The van der Waals surface area contributed by atoms with Crippen molar-refractivity contribution in [2.75, 3.05) is 24.6 Å². The molecule has 29 heavy (non-hydrogen) atoms. The van der Waals surface area contributed by atoms with E-state index in [1.807, 2.05) is 66.7 Å². The summed E-state index contributed by atoms with van der Waals surface area (Å²) in [7, 11) is 3.98. The lowest BCUT2D eigenvalue weighted by atomic mass is 10.2. The second-order valence-corrected chi connectivity index (χ2v) is 9.46. The number of amides is 1. The van der Waals surface area contributed by atoms with Gasteiger partial charge in [0, 0.05) is 28.6 Å². The van der Waals surface area contributed by atoms with Gasteiger partial charge in [0.1, 0.15) is 0 Å². The van der Waals surface area contributed by atoms with Crippen LogP contribution in [0.15, 0.2) is 59.1 Å². The van der Waals surface area contributed by atoms with Crippen molar-refractivity contribution in [2.45, 2.75) is 17.2 Å². The van der Waals surface area contributed by atoms with Crippen molar-refractivity contribution >= 4 is 56.0 Å². The van der Waals surface area contributed by atoms with E-state index >= 15 is 0 Å². The number of halogens is 1. The Hall–Kier alpha value is -1.94. The van der Waals surface area contributed by atoms with E-state index in [1.54, 1.807) is 35.5 Å². The summed E-state index contributed by atoms with van der Waals surface area (Å²) in [6.07, 6.45) is 3.58. The molecule has 0 aliphatic carbocycles. The highest BCUT2D eigenvalue weighted by atomic mass is 79.9. The summed E-state index contributed by atoms with van der Waals surface area (Å²) in [6.45, 7) is 2.66. The molecule has 0 spiro atoms. The largest absolute Gasteiger partial charge is 0.339 e. The van der Waals surface area contributed by atoms with Crippen LogP contribution in [0, 0.1) is 6.92 Å². The van der Waals surface area contributed by atoms with E-state index in [1.165, 1.54) is 0 Å². The van der Waals surface area contributed by atoms with E-state index in [4.69, 9.17) is 0 Å². The van der Waals surface area contributed by atoms with Crippen LogP contribution in [0.4, 0.5) is 10.8 Å². The number of hydrogen-bond acceptors (Lipinski definition) is 7. The number of rotatable bonds is 8. The van der Waals surface area contributed by atoms with Gasteiger partial charge in [-0.3, -0.25) is 13.7 Å². The van der Waals surface area contributed by atoms with Gasteiger partial charge in [-0.15, -0.1) is 11.3 Å². The lowest BCUT2D eigenvalue weighted by molar-refractivity contribution is 0.0946. The van der Waals surface area contributed by atoms with E-state index in [0.717, 1.165) is 21.4 Å². The van der Waals surface area contributed by atoms with E-state index in [9.17, 15) is 4.79 Å². The fraction of sp³-hybridized carbons (Fsp3) is 0.250. The number of thiazole rings is 1. The minimum Gasteiger partial charge on any atom is -0.339 e. The molecule has 6 nitrogen and oxygen atoms in total. The number of likely N-dealkylation sites (N-methyl/N-ethyl adjacent to an activating group) is 1. The van der Waals surface area contributed by atoms with Gasteiger partial charge in [-0.2, -0.15) is 0 Å². The van der Waals surface area contributed by atoms with E-state index in [-0.39, 0.29) is 11.3 Å². The Morgan fingerprint density at radius 1 is 1.28 bits per heavy atom. The Morgan fingerprint density at radius 2 is 2.03 bits per heavy atom. The van der Waals surface area contributed by atoms with Gasteiger partial charge in [0.15, 0.2) is 5.13 Å². The Morgan fingerprint density at radius 3 is 2.69 bits per heavy atom. The monoisotopic (exact) mass is 491 g/mol. The first-order valence-electron chi connectivity index (χ1n) is 8.93. The quantitative estimate of drug-likeness (QED) is 0.279. The molecule has 152 valence electrons. The molecule has 1 aromatic carbocycles. The predicted octanol–water partition coefficient (Wildman–Crippen LogP) is 4.70. The van der Waals surface area contributed by atoms with Crippen LogP contribution in [-0.4, -0.2) is 46.8 Å². The number of hydrogen-bond donors (Lipinski definition) is 1. The van der Waals surface area contributed by atoms with Crippen LogP contribution in [0.25, 0.3) is 0 Å².